The molecule has 3 aromatic rings. The maximum absolute atomic E-state index is 13.2. The zero-order chi connectivity index (χ0) is 20.8. The van der Waals surface area contributed by atoms with Crippen molar-refractivity contribution < 1.29 is 23.1 Å². The van der Waals surface area contributed by atoms with Gasteiger partial charge in [0, 0.05) is 12.2 Å². The number of furan rings is 1. The van der Waals surface area contributed by atoms with Crippen molar-refractivity contribution >= 4 is 29.3 Å². The van der Waals surface area contributed by atoms with E-state index in [2.05, 4.69) is 15.5 Å². The summed E-state index contributed by atoms with van der Waals surface area (Å²) in [5.41, 5.74) is 0.286. The van der Waals surface area contributed by atoms with Crippen molar-refractivity contribution in [2.45, 2.75) is 31.7 Å². The fourth-order valence-corrected chi connectivity index (χ4v) is 3.27. The summed E-state index contributed by atoms with van der Waals surface area (Å²) in [6, 6.07) is 8.99. The topological polar surface area (TPSA) is 99.2 Å². The third kappa shape index (κ3) is 5.23. The van der Waals surface area contributed by atoms with Crippen LogP contribution in [0.25, 0.3) is 11.6 Å². The summed E-state index contributed by atoms with van der Waals surface area (Å²) in [5, 5.41) is 11.2. The molecule has 29 heavy (non-hydrogen) atoms. The lowest BCUT2D eigenvalue weighted by Gasteiger charge is -2.13. The number of ether oxygens (including phenoxy) is 1. The molecule has 2 aromatic heterocycles. The van der Waals surface area contributed by atoms with Gasteiger partial charge >= 0.3 is 5.97 Å². The summed E-state index contributed by atoms with van der Waals surface area (Å²) in [6.07, 6.45) is 0.513. The molecule has 0 saturated carbocycles. The van der Waals surface area contributed by atoms with Gasteiger partial charge in [0.25, 0.3) is 5.91 Å². The maximum atomic E-state index is 13.2. The Morgan fingerprint density at radius 1 is 1.31 bits per heavy atom. The number of nitrogens with one attached hydrogen (secondary N) is 1. The van der Waals surface area contributed by atoms with E-state index >= 15 is 0 Å². The minimum atomic E-state index is -1.03. The van der Waals surface area contributed by atoms with Crippen LogP contribution in [0.1, 0.15) is 13.8 Å². The average Bonchev–Trinajstić information content (AvgIpc) is 3.35. The molecule has 3 rings (SSSR count). The first-order chi connectivity index (χ1) is 14.0. The van der Waals surface area contributed by atoms with Crippen LogP contribution < -0.4 is 5.32 Å². The highest BCUT2D eigenvalue weighted by molar-refractivity contribution is 7.99. The molecule has 1 amide bonds. The molecule has 1 atom stereocenters. The summed E-state index contributed by atoms with van der Waals surface area (Å²) >= 11 is 1.15. The molecule has 8 nitrogen and oxygen atoms in total. The number of anilines is 1. The normalized spacial score (nSPS) is 11.8. The van der Waals surface area contributed by atoms with E-state index in [4.69, 9.17) is 9.15 Å². The van der Waals surface area contributed by atoms with Gasteiger partial charge in [-0.25, -0.2) is 4.39 Å². The number of rotatable bonds is 8. The lowest BCUT2D eigenvalue weighted by Crippen LogP contribution is -2.30. The summed E-state index contributed by atoms with van der Waals surface area (Å²) in [4.78, 5) is 24.2. The number of esters is 1. The molecule has 1 aromatic carbocycles. The Morgan fingerprint density at radius 2 is 2.14 bits per heavy atom. The number of benzene rings is 1. The predicted octanol–water partition coefficient (Wildman–Crippen LogP) is 3.36. The molecule has 0 aliphatic rings. The van der Waals surface area contributed by atoms with Crippen LogP contribution in [0.4, 0.5) is 10.1 Å². The van der Waals surface area contributed by atoms with Gasteiger partial charge in [-0.15, -0.1) is 10.2 Å². The SMILES string of the molecule is CCn1c(SCC(=O)OC(C)C(=O)Nc2cccc(F)c2)nnc1-c1ccco1. The summed E-state index contributed by atoms with van der Waals surface area (Å²) in [7, 11) is 0. The second-order valence-corrected chi connectivity index (χ2v) is 6.89. The van der Waals surface area contributed by atoms with Crippen LogP contribution in [-0.2, 0) is 20.9 Å². The molecular weight excluding hydrogens is 399 g/mol. The van der Waals surface area contributed by atoms with E-state index in [-0.39, 0.29) is 11.4 Å². The van der Waals surface area contributed by atoms with Crippen LogP contribution in [0, 0.1) is 5.82 Å². The minimum Gasteiger partial charge on any atom is -0.461 e. The highest BCUT2D eigenvalue weighted by Crippen LogP contribution is 2.24. The first-order valence-corrected chi connectivity index (χ1v) is 9.82. The van der Waals surface area contributed by atoms with Crippen molar-refractivity contribution in [3.05, 3.63) is 48.5 Å². The maximum Gasteiger partial charge on any atom is 0.317 e. The van der Waals surface area contributed by atoms with E-state index in [0.717, 1.165) is 11.8 Å². The number of aromatic nitrogens is 3. The Kier molecular flexibility index (Phi) is 6.65. The molecule has 10 heteroatoms. The van der Waals surface area contributed by atoms with Crippen LogP contribution in [0.2, 0.25) is 0 Å². The highest BCUT2D eigenvalue weighted by atomic mass is 32.2. The van der Waals surface area contributed by atoms with Crippen LogP contribution >= 0.6 is 11.8 Å². The third-order valence-corrected chi connectivity index (χ3v) is 4.80. The zero-order valence-corrected chi connectivity index (χ0v) is 16.6. The lowest BCUT2D eigenvalue weighted by atomic mass is 10.3. The molecule has 0 aliphatic carbocycles. The van der Waals surface area contributed by atoms with Gasteiger partial charge in [-0.1, -0.05) is 17.8 Å². The molecule has 0 saturated heterocycles. The van der Waals surface area contributed by atoms with Gasteiger partial charge in [0.2, 0.25) is 0 Å². The second-order valence-electron chi connectivity index (χ2n) is 5.95. The number of hydrogen-bond acceptors (Lipinski definition) is 7. The van der Waals surface area contributed by atoms with Crippen molar-refractivity contribution in [1.29, 1.82) is 0 Å². The van der Waals surface area contributed by atoms with Crippen LogP contribution in [0.15, 0.2) is 52.2 Å². The van der Waals surface area contributed by atoms with Crippen LogP contribution in [0.5, 0.6) is 0 Å². The number of amides is 1. The average molecular weight is 418 g/mol. The number of hydrogen-bond donors (Lipinski definition) is 1. The fraction of sp³-hybridized carbons (Fsp3) is 0.263. The third-order valence-electron chi connectivity index (χ3n) is 3.86. The number of carbonyl (C=O) groups excluding carboxylic acids is 2. The Balaban J connectivity index is 1.54. The van der Waals surface area contributed by atoms with Crippen molar-refractivity contribution in [3.63, 3.8) is 0 Å². The first-order valence-electron chi connectivity index (χ1n) is 8.83. The molecule has 152 valence electrons. The van der Waals surface area contributed by atoms with Crippen LogP contribution in [0.3, 0.4) is 0 Å². The largest absolute Gasteiger partial charge is 0.461 e. The Hall–Kier alpha value is -3.14. The Labute approximate surface area is 170 Å². The molecule has 1 unspecified atom stereocenters. The number of thioether (sulfide) groups is 1. The fourth-order valence-electron chi connectivity index (χ4n) is 2.49. The molecule has 0 aliphatic heterocycles. The van der Waals surface area contributed by atoms with Gasteiger partial charge in [0.15, 0.2) is 22.8 Å². The van der Waals surface area contributed by atoms with E-state index in [1.54, 1.807) is 24.5 Å². The Morgan fingerprint density at radius 3 is 2.83 bits per heavy atom. The zero-order valence-electron chi connectivity index (χ0n) is 15.8. The van der Waals surface area contributed by atoms with Crippen molar-refractivity contribution in [3.8, 4) is 11.6 Å². The van der Waals surface area contributed by atoms with Crippen molar-refractivity contribution in [2.24, 2.45) is 0 Å². The monoisotopic (exact) mass is 418 g/mol. The van der Waals surface area contributed by atoms with Gasteiger partial charge < -0.3 is 14.5 Å². The van der Waals surface area contributed by atoms with E-state index < -0.39 is 23.8 Å². The van der Waals surface area contributed by atoms with Gasteiger partial charge in [-0.2, -0.15) is 0 Å². The summed E-state index contributed by atoms with van der Waals surface area (Å²) in [6.45, 7) is 3.96. The first kappa shape index (κ1) is 20.6. The smallest absolute Gasteiger partial charge is 0.317 e. The minimum absolute atomic E-state index is 0.0477. The van der Waals surface area contributed by atoms with Crippen molar-refractivity contribution in [1.82, 2.24) is 14.8 Å². The number of nitrogens with zero attached hydrogens (tertiary/aromatic N) is 3. The predicted molar refractivity (Wildman–Crippen MR) is 105 cm³/mol. The molecule has 0 radical (unpaired) electrons. The Bertz CT molecular complexity index is 990. The summed E-state index contributed by atoms with van der Waals surface area (Å²) < 4.78 is 25.5. The molecule has 0 fully saturated rings. The summed E-state index contributed by atoms with van der Waals surface area (Å²) in [5.74, 6) is -0.508. The lowest BCUT2D eigenvalue weighted by molar-refractivity contribution is -0.150. The standard InChI is InChI=1S/C19H19FN4O4S/c1-3-24-17(15-8-5-9-27-15)22-23-19(24)29-11-16(25)28-12(2)18(26)21-14-7-4-6-13(20)10-14/h4-10,12H,3,11H2,1-2H3,(H,21,26). The van der Waals surface area contributed by atoms with E-state index in [1.165, 1.54) is 25.1 Å². The highest BCUT2D eigenvalue weighted by Gasteiger charge is 2.20. The number of halogens is 1. The van der Waals surface area contributed by atoms with Gasteiger partial charge in [-0.05, 0) is 44.2 Å². The molecular formula is C19H19FN4O4S. The van der Waals surface area contributed by atoms with E-state index in [9.17, 15) is 14.0 Å². The van der Waals surface area contributed by atoms with Gasteiger partial charge in [0.05, 0.1) is 12.0 Å². The molecule has 0 spiro atoms. The van der Waals surface area contributed by atoms with Gasteiger partial charge in [-0.3, -0.25) is 14.2 Å². The molecule has 2 heterocycles. The van der Waals surface area contributed by atoms with Gasteiger partial charge in [0.1, 0.15) is 5.82 Å². The molecule has 0 bridgehead atoms. The number of carbonyl (C=O) groups is 2. The quantitative estimate of drug-likeness (QED) is 0.442. The van der Waals surface area contributed by atoms with E-state index in [1.807, 2.05) is 11.5 Å². The molecule has 1 N–H and O–H groups in total. The van der Waals surface area contributed by atoms with Crippen LogP contribution in [-0.4, -0.2) is 38.5 Å². The second kappa shape index (κ2) is 9.37. The van der Waals surface area contributed by atoms with Crippen molar-refractivity contribution in [2.75, 3.05) is 11.1 Å². The van der Waals surface area contributed by atoms with E-state index in [0.29, 0.717) is 23.3 Å².